The van der Waals surface area contributed by atoms with Gasteiger partial charge in [0.05, 0.1) is 0 Å². The van der Waals surface area contributed by atoms with Crippen LogP contribution >= 0.6 is 0 Å². The van der Waals surface area contributed by atoms with Crippen molar-refractivity contribution >= 4 is 15.2 Å². The first-order valence-corrected chi connectivity index (χ1v) is 8.40. The fraction of sp³-hybridized carbons (Fsp3) is 1.00. The van der Waals surface area contributed by atoms with Crippen molar-refractivity contribution in [3.8, 4) is 0 Å². The van der Waals surface area contributed by atoms with E-state index in [-0.39, 0.29) is 0 Å². The molecule has 0 saturated carbocycles. The monoisotopic (exact) mass is 241 g/mol. The maximum atomic E-state index is 4.28. The Hall–Kier alpha value is 0.492. The average molecular weight is 241 g/mol. The van der Waals surface area contributed by atoms with Crippen LogP contribution in [0.2, 0.25) is 10.6 Å². The number of nitrogens with zero attached hydrogens (tertiary/aromatic N) is 1. The summed E-state index contributed by atoms with van der Waals surface area (Å²) in [6.07, 6.45) is 0. The van der Waals surface area contributed by atoms with Gasteiger partial charge in [-0.2, -0.15) is 0 Å². The van der Waals surface area contributed by atoms with E-state index in [2.05, 4.69) is 60.7 Å². The van der Waals surface area contributed by atoms with Gasteiger partial charge in [-0.05, 0) is 0 Å². The minimum atomic E-state index is 0.500. The van der Waals surface area contributed by atoms with Crippen molar-refractivity contribution < 1.29 is 0 Å². The van der Waals surface area contributed by atoms with Crippen LogP contribution in [0.1, 0.15) is 55.4 Å². The first-order valence-electron chi connectivity index (χ1n) is 6.77. The van der Waals surface area contributed by atoms with E-state index in [4.69, 9.17) is 0 Å². The van der Waals surface area contributed by atoms with Crippen LogP contribution in [0.5, 0.6) is 0 Å². The first kappa shape index (κ1) is 18.8. The molecule has 0 aliphatic heterocycles. The van der Waals surface area contributed by atoms with Gasteiger partial charge < -0.3 is 5.32 Å². The molecule has 16 heavy (non-hydrogen) atoms. The molecule has 0 spiro atoms. The Bertz CT molecular complexity index is 117. The molecule has 0 aromatic rings. The van der Waals surface area contributed by atoms with Gasteiger partial charge in [0.1, 0.15) is 0 Å². The molecule has 0 radical (unpaired) electrons. The smallest absolute Gasteiger partial charge is 0.0818 e. The first-order chi connectivity index (χ1) is 7.25. The van der Waals surface area contributed by atoms with Gasteiger partial charge in [0, 0.05) is 0 Å². The molecule has 0 atom stereocenters. The van der Waals surface area contributed by atoms with Crippen LogP contribution in [0.15, 0.2) is 0 Å². The zero-order valence-corrected chi connectivity index (χ0v) is 13.9. The number of hydrogen-bond acceptors (Lipinski definition) is 0. The maximum absolute atomic E-state index is 4.28. The molecule has 0 amide bonds. The van der Waals surface area contributed by atoms with Crippen molar-refractivity contribution in [2.75, 3.05) is 0 Å². The minimum absolute atomic E-state index is 0.500. The van der Waals surface area contributed by atoms with Crippen LogP contribution in [-0.2, 0) is 0 Å². The molecule has 0 aliphatic carbocycles. The summed E-state index contributed by atoms with van der Waals surface area (Å²) < 4.78 is 0. The van der Waals surface area contributed by atoms with Crippen molar-refractivity contribution in [1.82, 2.24) is 0 Å². The average Bonchev–Trinajstić information content (AvgIpc) is 2.00. The zero-order chi connectivity index (χ0) is 13.1. The summed E-state index contributed by atoms with van der Waals surface area (Å²) in [5.41, 5.74) is 0. The number of rotatable bonds is 6. The van der Waals surface area contributed by atoms with Crippen molar-refractivity contribution in [3.63, 3.8) is 0 Å². The Morgan fingerprint density at radius 2 is 1.00 bits per heavy atom. The molecular formula is C14H32AlN. The molecular weight excluding hydrogens is 209 g/mol. The van der Waals surface area contributed by atoms with Crippen molar-refractivity contribution in [1.29, 1.82) is 0 Å². The summed E-state index contributed by atoms with van der Waals surface area (Å²) in [4.78, 5) is 0. The normalized spacial score (nSPS) is 10.8. The summed E-state index contributed by atoms with van der Waals surface area (Å²) >= 11 is 0.755. The molecule has 0 bridgehead atoms. The van der Waals surface area contributed by atoms with Crippen LogP contribution in [0, 0.1) is 11.8 Å². The summed E-state index contributed by atoms with van der Waals surface area (Å²) in [6, 6.07) is 1.000. The molecule has 1 nitrogen and oxygen atoms in total. The third-order valence-electron chi connectivity index (χ3n) is 1.87. The van der Waals surface area contributed by atoms with Gasteiger partial charge in [-0.15, -0.1) is 12.1 Å². The Morgan fingerprint density at radius 3 is 1.12 bits per heavy atom. The zero-order valence-electron chi connectivity index (χ0n) is 12.7. The van der Waals surface area contributed by atoms with E-state index in [1.54, 1.807) is 0 Å². The number of hydrogen-bond donors (Lipinski definition) is 0. The second-order valence-electron chi connectivity index (χ2n) is 5.88. The van der Waals surface area contributed by atoms with Crippen LogP contribution in [0.25, 0.3) is 5.32 Å². The van der Waals surface area contributed by atoms with Gasteiger partial charge in [0.25, 0.3) is 0 Å². The summed E-state index contributed by atoms with van der Waals surface area (Å²) in [5, 5.41) is 7.25. The molecule has 0 heterocycles. The van der Waals surface area contributed by atoms with Crippen molar-refractivity contribution in [2.24, 2.45) is 11.8 Å². The molecule has 0 unspecified atom stereocenters. The molecule has 0 N–H and O–H groups in total. The molecule has 0 aromatic heterocycles. The fourth-order valence-corrected chi connectivity index (χ4v) is 2.88. The molecule has 96 valence electrons. The Balaban J connectivity index is 0. The second kappa shape index (κ2) is 12.0. The standard InChI is InChI=1S/C6H14N.2C4H9.Al/c1-5(2)7-6(3)4;2*1-4(2)3;/h5-6H,1-4H3;2*4H,1H2,2-3H3;/q-1;;;+1. The third kappa shape index (κ3) is 24.0. The Labute approximate surface area is 110 Å². The summed E-state index contributed by atoms with van der Waals surface area (Å²) in [5.74, 6) is 1.86. The van der Waals surface area contributed by atoms with Crippen molar-refractivity contribution in [3.05, 3.63) is 5.32 Å². The van der Waals surface area contributed by atoms with Gasteiger partial charge in [0.15, 0.2) is 0 Å². The minimum Gasteiger partial charge on any atom is -0.658 e. The second-order valence-corrected chi connectivity index (χ2v) is 7.40. The fourth-order valence-electron chi connectivity index (χ4n) is 1.36. The predicted octanol–water partition coefficient (Wildman–Crippen LogP) is 5.02. The summed E-state index contributed by atoms with van der Waals surface area (Å²) in [6.45, 7) is 17.6. The van der Waals surface area contributed by atoms with Crippen molar-refractivity contribution in [2.45, 2.75) is 78.0 Å². The van der Waals surface area contributed by atoms with Crippen LogP contribution < -0.4 is 0 Å². The third-order valence-corrected chi connectivity index (χ3v) is 4.42. The SMILES string of the molecule is CC(C)[CH2][Al+][CH2]C(C)C.CC(C)[N-]C(C)C. The molecule has 0 rings (SSSR count). The van der Waals surface area contributed by atoms with Crippen LogP contribution in [0.4, 0.5) is 0 Å². The van der Waals surface area contributed by atoms with Gasteiger partial charge in [0.2, 0.25) is 0 Å². The molecule has 0 aromatic carbocycles. The topological polar surface area (TPSA) is 14.1 Å². The quantitative estimate of drug-likeness (QED) is 0.580. The van der Waals surface area contributed by atoms with Crippen LogP contribution in [-0.4, -0.2) is 27.3 Å². The van der Waals surface area contributed by atoms with E-state index in [1.807, 2.05) is 0 Å². The summed E-state index contributed by atoms with van der Waals surface area (Å²) in [7, 11) is 0. The molecule has 0 fully saturated rings. The van der Waals surface area contributed by atoms with E-state index in [9.17, 15) is 0 Å². The Morgan fingerprint density at radius 1 is 0.688 bits per heavy atom. The molecule has 2 heteroatoms. The van der Waals surface area contributed by atoms with Gasteiger partial charge in [-0.1, -0.05) is 27.7 Å². The van der Waals surface area contributed by atoms with E-state index in [0.29, 0.717) is 12.1 Å². The predicted molar refractivity (Wildman–Crippen MR) is 78.7 cm³/mol. The van der Waals surface area contributed by atoms with E-state index in [1.165, 1.54) is 10.6 Å². The van der Waals surface area contributed by atoms with Gasteiger partial charge in [-0.25, -0.2) is 0 Å². The Kier molecular flexibility index (Phi) is 14.1. The van der Waals surface area contributed by atoms with Gasteiger partial charge >= 0.3 is 65.3 Å². The maximum Gasteiger partial charge on any atom is -0.0818 e. The van der Waals surface area contributed by atoms with Gasteiger partial charge in [-0.3, -0.25) is 0 Å². The van der Waals surface area contributed by atoms with E-state index >= 15 is 0 Å². The molecule has 0 aliphatic rings. The van der Waals surface area contributed by atoms with E-state index in [0.717, 1.165) is 27.1 Å². The molecule has 0 saturated heterocycles. The van der Waals surface area contributed by atoms with E-state index < -0.39 is 0 Å². The van der Waals surface area contributed by atoms with Crippen LogP contribution in [0.3, 0.4) is 0 Å². The largest absolute Gasteiger partial charge is 0.658 e.